The van der Waals surface area contributed by atoms with Gasteiger partial charge in [0.15, 0.2) is 5.69 Å². The van der Waals surface area contributed by atoms with Crippen molar-refractivity contribution in [1.29, 1.82) is 0 Å². The van der Waals surface area contributed by atoms with E-state index in [1.165, 1.54) is 25.3 Å². The van der Waals surface area contributed by atoms with Crippen molar-refractivity contribution in [2.24, 2.45) is 0 Å². The number of rotatable bonds is 6. The Morgan fingerprint density at radius 1 is 0.967 bits per heavy atom. The van der Waals surface area contributed by atoms with Crippen molar-refractivity contribution >= 4 is 52.4 Å². The number of methoxy groups -OCH3 is 1. The third-order valence-corrected chi connectivity index (χ3v) is 4.80. The minimum Gasteiger partial charge on any atom is -0.495 e. The van der Waals surface area contributed by atoms with Crippen LogP contribution in [0.5, 0.6) is 5.75 Å². The molecule has 3 rings (SSSR count). The summed E-state index contributed by atoms with van der Waals surface area (Å²) in [4.78, 5) is 29.5. The highest BCUT2D eigenvalue weighted by molar-refractivity contribution is 6.34. The van der Waals surface area contributed by atoms with E-state index in [0.717, 1.165) is 0 Å². The number of benzene rings is 2. The van der Waals surface area contributed by atoms with E-state index in [1.54, 1.807) is 42.5 Å². The summed E-state index contributed by atoms with van der Waals surface area (Å²) >= 11 is 18.0. The molecule has 0 bridgehead atoms. The Balaban J connectivity index is 1.87. The van der Waals surface area contributed by atoms with Crippen LogP contribution in [0.3, 0.4) is 0 Å². The fourth-order valence-corrected chi connectivity index (χ4v) is 3.16. The Hall–Kier alpha value is -2.80. The van der Waals surface area contributed by atoms with Crippen LogP contribution in [0.15, 0.2) is 60.7 Å². The van der Waals surface area contributed by atoms with Crippen LogP contribution in [0.2, 0.25) is 15.2 Å². The van der Waals surface area contributed by atoms with Gasteiger partial charge in [-0.25, -0.2) is 9.78 Å². The molecular weight excluding hydrogens is 451 g/mol. The van der Waals surface area contributed by atoms with E-state index < -0.39 is 18.0 Å². The minimum atomic E-state index is -1.27. The zero-order valence-corrected chi connectivity index (χ0v) is 17.8. The first-order valence-electron chi connectivity index (χ1n) is 8.61. The standard InChI is InChI=1S/C21H15Cl3N2O4/c1-29-16-9-7-13(11-15(16)23)25-20(27)19(12-5-3-2-4-6-12)30-21(28)18-14(22)8-10-17(24)26-18/h2-11,19H,1H3,(H,25,27). The number of pyridine rings is 1. The van der Waals surface area contributed by atoms with Crippen molar-refractivity contribution in [2.75, 3.05) is 12.4 Å². The van der Waals surface area contributed by atoms with E-state index in [0.29, 0.717) is 22.0 Å². The summed E-state index contributed by atoms with van der Waals surface area (Å²) in [5.74, 6) is -1.02. The maximum Gasteiger partial charge on any atom is 0.359 e. The van der Waals surface area contributed by atoms with Gasteiger partial charge in [-0.15, -0.1) is 0 Å². The Morgan fingerprint density at radius 3 is 2.37 bits per heavy atom. The highest BCUT2D eigenvalue weighted by Crippen LogP contribution is 2.29. The molecule has 0 radical (unpaired) electrons. The van der Waals surface area contributed by atoms with E-state index in [4.69, 9.17) is 44.3 Å². The molecule has 1 N–H and O–H groups in total. The van der Waals surface area contributed by atoms with Crippen LogP contribution in [-0.2, 0) is 9.53 Å². The molecule has 1 heterocycles. The number of amides is 1. The fourth-order valence-electron chi connectivity index (χ4n) is 2.58. The molecule has 3 aromatic rings. The summed E-state index contributed by atoms with van der Waals surface area (Å²) < 4.78 is 10.6. The third kappa shape index (κ3) is 5.21. The SMILES string of the molecule is COc1ccc(NC(=O)C(OC(=O)c2nc(Cl)ccc2Cl)c2ccccc2)cc1Cl. The molecule has 1 aromatic heterocycles. The number of nitrogens with zero attached hydrogens (tertiary/aromatic N) is 1. The molecule has 0 aliphatic carbocycles. The number of aromatic nitrogens is 1. The monoisotopic (exact) mass is 464 g/mol. The van der Waals surface area contributed by atoms with Crippen LogP contribution in [-0.4, -0.2) is 24.0 Å². The minimum absolute atomic E-state index is 0.0542. The van der Waals surface area contributed by atoms with Crippen molar-refractivity contribution in [3.8, 4) is 5.75 Å². The van der Waals surface area contributed by atoms with Crippen LogP contribution < -0.4 is 10.1 Å². The molecule has 154 valence electrons. The zero-order valence-electron chi connectivity index (χ0n) is 15.6. The second-order valence-electron chi connectivity index (χ2n) is 6.00. The number of carbonyl (C=O) groups excluding carboxylic acids is 2. The van der Waals surface area contributed by atoms with Crippen molar-refractivity contribution in [3.05, 3.63) is 87.1 Å². The molecule has 0 aliphatic heterocycles. The molecule has 9 heteroatoms. The van der Waals surface area contributed by atoms with Gasteiger partial charge in [0.1, 0.15) is 10.9 Å². The van der Waals surface area contributed by atoms with Gasteiger partial charge >= 0.3 is 5.97 Å². The predicted octanol–water partition coefficient (Wildman–Crippen LogP) is 5.59. The summed E-state index contributed by atoms with van der Waals surface area (Å²) in [5, 5.41) is 3.12. The Bertz CT molecular complexity index is 1080. The molecule has 1 atom stereocenters. The molecule has 30 heavy (non-hydrogen) atoms. The zero-order chi connectivity index (χ0) is 21.7. The lowest BCUT2D eigenvalue weighted by atomic mass is 10.1. The molecular formula is C21H15Cl3N2O4. The first-order chi connectivity index (χ1) is 14.4. The Morgan fingerprint density at radius 2 is 1.70 bits per heavy atom. The quantitative estimate of drug-likeness (QED) is 0.379. The average molecular weight is 466 g/mol. The lowest BCUT2D eigenvalue weighted by molar-refractivity contribution is -0.125. The second-order valence-corrected chi connectivity index (χ2v) is 7.20. The number of nitrogens with one attached hydrogen (secondary N) is 1. The lowest BCUT2D eigenvalue weighted by Crippen LogP contribution is -2.26. The molecule has 0 saturated carbocycles. The topological polar surface area (TPSA) is 77.5 Å². The first-order valence-corrected chi connectivity index (χ1v) is 9.75. The van der Waals surface area contributed by atoms with Gasteiger partial charge in [0.25, 0.3) is 5.91 Å². The van der Waals surface area contributed by atoms with E-state index >= 15 is 0 Å². The molecule has 6 nitrogen and oxygen atoms in total. The summed E-state index contributed by atoms with van der Waals surface area (Å²) in [6, 6.07) is 16.1. The van der Waals surface area contributed by atoms with Gasteiger partial charge < -0.3 is 14.8 Å². The fraction of sp³-hybridized carbons (Fsp3) is 0.0952. The maximum absolute atomic E-state index is 13.0. The van der Waals surface area contributed by atoms with Crippen LogP contribution in [0.4, 0.5) is 5.69 Å². The number of hydrogen-bond acceptors (Lipinski definition) is 5. The number of ether oxygens (including phenoxy) is 2. The number of hydrogen-bond donors (Lipinski definition) is 1. The van der Waals surface area contributed by atoms with Crippen LogP contribution in [0.25, 0.3) is 0 Å². The van der Waals surface area contributed by atoms with Crippen LogP contribution >= 0.6 is 34.8 Å². The lowest BCUT2D eigenvalue weighted by Gasteiger charge is -2.18. The molecule has 0 saturated heterocycles. The molecule has 1 amide bonds. The molecule has 0 aliphatic rings. The van der Waals surface area contributed by atoms with Crippen molar-refractivity contribution < 1.29 is 19.1 Å². The van der Waals surface area contributed by atoms with Gasteiger partial charge in [-0.1, -0.05) is 65.1 Å². The van der Waals surface area contributed by atoms with Crippen LogP contribution in [0.1, 0.15) is 22.2 Å². The van der Waals surface area contributed by atoms with Crippen LogP contribution in [0, 0.1) is 0 Å². The van der Waals surface area contributed by atoms with Gasteiger partial charge in [0.05, 0.1) is 17.2 Å². The summed E-state index contributed by atoms with van der Waals surface area (Å²) in [6.07, 6.45) is -1.27. The van der Waals surface area contributed by atoms with Gasteiger partial charge in [0.2, 0.25) is 6.10 Å². The highest BCUT2D eigenvalue weighted by atomic mass is 35.5. The number of anilines is 1. The highest BCUT2D eigenvalue weighted by Gasteiger charge is 2.27. The molecule has 2 aromatic carbocycles. The molecule has 0 spiro atoms. The van der Waals surface area contributed by atoms with Gasteiger partial charge in [0, 0.05) is 11.3 Å². The number of halogens is 3. The number of carbonyl (C=O) groups is 2. The summed E-state index contributed by atoms with van der Waals surface area (Å²) in [5.41, 5.74) is 0.674. The van der Waals surface area contributed by atoms with Crippen molar-refractivity contribution in [2.45, 2.75) is 6.10 Å². The van der Waals surface area contributed by atoms with Crippen molar-refractivity contribution in [3.63, 3.8) is 0 Å². The normalized spacial score (nSPS) is 11.5. The first kappa shape index (κ1) is 21.9. The predicted molar refractivity (Wildman–Crippen MR) is 115 cm³/mol. The van der Waals surface area contributed by atoms with Crippen molar-refractivity contribution in [1.82, 2.24) is 4.98 Å². The average Bonchev–Trinajstić information content (AvgIpc) is 2.74. The largest absolute Gasteiger partial charge is 0.495 e. The number of esters is 1. The third-order valence-electron chi connectivity index (χ3n) is 3.99. The van der Waals surface area contributed by atoms with E-state index in [-0.39, 0.29) is 15.9 Å². The van der Waals surface area contributed by atoms with E-state index in [2.05, 4.69) is 10.3 Å². The van der Waals surface area contributed by atoms with Gasteiger partial charge in [-0.3, -0.25) is 4.79 Å². The maximum atomic E-state index is 13.0. The van der Waals surface area contributed by atoms with Gasteiger partial charge in [-0.05, 0) is 30.3 Å². The van der Waals surface area contributed by atoms with E-state index in [9.17, 15) is 9.59 Å². The molecule has 0 fully saturated rings. The Kier molecular flexibility index (Phi) is 7.15. The smallest absolute Gasteiger partial charge is 0.359 e. The second kappa shape index (κ2) is 9.80. The van der Waals surface area contributed by atoms with Gasteiger partial charge in [-0.2, -0.15) is 0 Å². The summed E-state index contributed by atoms with van der Waals surface area (Å²) in [6.45, 7) is 0. The summed E-state index contributed by atoms with van der Waals surface area (Å²) in [7, 11) is 1.49. The Labute approximate surface area is 187 Å². The molecule has 1 unspecified atom stereocenters. The van der Waals surface area contributed by atoms with E-state index in [1.807, 2.05) is 0 Å².